The maximum Gasteiger partial charge on any atom is 0.233 e. The van der Waals surface area contributed by atoms with Crippen LogP contribution in [0.3, 0.4) is 0 Å². The number of piperidine rings is 1. The summed E-state index contributed by atoms with van der Waals surface area (Å²) in [4.78, 5) is 21.1. The number of pyridine rings is 1. The minimum atomic E-state index is 0.195. The van der Waals surface area contributed by atoms with Crippen molar-refractivity contribution in [2.75, 3.05) is 54.1 Å². The van der Waals surface area contributed by atoms with E-state index in [1.54, 1.807) is 19.2 Å². The van der Waals surface area contributed by atoms with Crippen LogP contribution >= 0.6 is 11.6 Å². The standard InChI is InChI=1S/C31H33ClN8O2/c1-42-23-10-7-21(8-11-23)35-30-37-29(38-31(39-30)40-16-3-2-4-17-40)34-15-5-14-33-28-24-12-6-20(32)18-27(24)36-26-13-9-22(41)19-25(26)28/h6-13,18-19,41H,2-5,14-17H2,1H3,(H,33,36)(H2,34,35,37,38,39). The molecule has 4 N–H and O–H groups in total. The first kappa shape index (κ1) is 27.6. The van der Waals surface area contributed by atoms with Gasteiger partial charge < -0.3 is 30.7 Å². The van der Waals surface area contributed by atoms with Crippen LogP contribution in [-0.2, 0) is 0 Å². The van der Waals surface area contributed by atoms with E-state index in [9.17, 15) is 5.11 Å². The maximum absolute atomic E-state index is 10.1. The van der Waals surface area contributed by atoms with E-state index in [4.69, 9.17) is 31.3 Å². The van der Waals surface area contributed by atoms with Crippen LogP contribution in [-0.4, -0.2) is 58.3 Å². The lowest BCUT2D eigenvalue weighted by Gasteiger charge is -2.27. The Kier molecular flexibility index (Phi) is 8.23. The molecule has 0 atom stereocenters. The number of hydrogen-bond donors (Lipinski definition) is 4. The molecule has 0 radical (unpaired) electrons. The van der Waals surface area contributed by atoms with Crippen molar-refractivity contribution in [1.29, 1.82) is 0 Å². The first-order valence-electron chi connectivity index (χ1n) is 14.2. The Bertz CT molecular complexity index is 1690. The number of halogens is 1. The molecule has 5 aromatic rings. The maximum atomic E-state index is 10.1. The molecule has 1 aliphatic heterocycles. The molecule has 0 aliphatic carbocycles. The second-order valence-electron chi connectivity index (χ2n) is 10.2. The lowest BCUT2D eigenvalue weighted by Crippen LogP contribution is -2.31. The molecular formula is C31H33ClN8O2. The number of nitrogens with one attached hydrogen (secondary N) is 3. The molecule has 10 nitrogen and oxygen atoms in total. The summed E-state index contributed by atoms with van der Waals surface area (Å²) in [6.45, 7) is 3.20. The molecule has 2 aromatic heterocycles. The SMILES string of the molecule is COc1ccc(Nc2nc(NCCCNc3c4ccc(Cl)cc4nc4ccc(O)cc34)nc(N3CCCCC3)n2)cc1. The first-order valence-corrected chi connectivity index (χ1v) is 14.6. The van der Waals surface area contributed by atoms with Crippen LogP contribution < -0.4 is 25.6 Å². The van der Waals surface area contributed by atoms with Crippen LogP contribution in [0.15, 0.2) is 60.7 Å². The van der Waals surface area contributed by atoms with E-state index in [-0.39, 0.29) is 5.75 Å². The smallest absolute Gasteiger partial charge is 0.233 e. The van der Waals surface area contributed by atoms with Gasteiger partial charge in [-0.05, 0) is 86.3 Å². The molecular weight excluding hydrogens is 552 g/mol. The quantitative estimate of drug-likeness (QED) is 0.106. The summed E-state index contributed by atoms with van der Waals surface area (Å²) in [5.74, 6) is 2.68. The summed E-state index contributed by atoms with van der Waals surface area (Å²) >= 11 is 6.24. The number of phenols is 1. The molecule has 1 aliphatic rings. The van der Waals surface area contributed by atoms with E-state index in [0.717, 1.165) is 71.3 Å². The lowest BCUT2D eigenvalue weighted by molar-refractivity contribution is 0.415. The van der Waals surface area contributed by atoms with Gasteiger partial charge in [0.15, 0.2) is 0 Å². The Hall–Kier alpha value is -4.57. The van der Waals surface area contributed by atoms with Crippen LogP contribution in [0.2, 0.25) is 5.02 Å². The molecule has 0 unspecified atom stereocenters. The van der Waals surface area contributed by atoms with Gasteiger partial charge in [0.05, 0.1) is 23.8 Å². The van der Waals surface area contributed by atoms with Gasteiger partial charge in [0.2, 0.25) is 17.8 Å². The highest BCUT2D eigenvalue weighted by Crippen LogP contribution is 2.34. The van der Waals surface area contributed by atoms with Gasteiger partial charge in [-0.2, -0.15) is 15.0 Å². The third-order valence-electron chi connectivity index (χ3n) is 7.27. The van der Waals surface area contributed by atoms with Crippen molar-refractivity contribution in [2.45, 2.75) is 25.7 Å². The largest absolute Gasteiger partial charge is 0.508 e. The van der Waals surface area contributed by atoms with Crippen LogP contribution in [0.4, 0.5) is 29.2 Å². The molecule has 3 heterocycles. The van der Waals surface area contributed by atoms with Gasteiger partial charge in [-0.3, -0.25) is 0 Å². The van der Waals surface area contributed by atoms with Gasteiger partial charge in [0.25, 0.3) is 0 Å². The van der Waals surface area contributed by atoms with E-state index in [1.165, 1.54) is 6.42 Å². The number of anilines is 5. The highest BCUT2D eigenvalue weighted by atomic mass is 35.5. The highest BCUT2D eigenvalue weighted by molar-refractivity contribution is 6.31. The number of aromatic hydroxyl groups is 1. The van der Waals surface area contributed by atoms with Gasteiger partial charge in [-0.15, -0.1) is 0 Å². The number of benzene rings is 3. The number of hydrogen-bond acceptors (Lipinski definition) is 10. The first-order chi connectivity index (χ1) is 20.6. The molecule has 0 amide bonds. The van der Waals surface area contributed by atoms with E-state index in [2.05, 4.69) is 25.8 Å². The van der Waals surface area contributed by atoms with Crippen LogP contribution in [0.5, 0.6) is 11.5 Å². The van der Waals surface area contributed by atoms with E-state index in [0.29, 0.717) is 36.0 Å². The zero-order chi connectivity index (χ0) is 28.9. The fourth-order valence-corrected chi connectivity index (χ4v) is 5.30. The third kappa shape index (κ3) is 6.33. The summed E-state index contributed by atoms with van der Waals surface area (Å²) in [7, 11) is 1.65. The van der Waals surface area contributed by atoms with Crippen molar-refractivity contribution >= 4 is 62.6 Å². The predicted molar refractivity (Wildman–Crippen MR) is 170 cm³/mol. The molecule has 11 heteroatoms. The molecule has 216 valence electrons. The fraction of sp³-hybridized carbons (Fsp3) is 0.290. The molecule has 3 aromatic carbocycles. The molecule has 6 rings (SSSR count). The average Bonchev–Trinajstić information content (AvgIpc) is 3.01. The Balaban J connectivity index is 1.16. The number of fused-ring (bicyclic) bond motifs is 2. The van der Waals surface area contributed by atoms with Gasteiger partial charge in [-0.1, -0.05) is 11.6 Å². The second kappa shape index (κ2) is 12.5. The average molecular weight is 585 g/mol. The van der Waals surface area contributed by atoms with Crippen molar-refractivity contribution in [3.05, 3.63) is 65.7 Å². The zero-order valence-electron chi connectivity index (χ0n) is 23.4. The Morgan fingerprint density at radius 3 is 2.40 bits per heavy atom. The summed E-state index contributed by atoms with van der Waals surface area (Å²) < 4.78 is 5.27. The summed E-state index contributed by atoms with van der Waals surface area (Å²) in [5, 5.41) is 22.8. The van der Waals surface area contributed by atoms with Gasteiger partial charge >= 0.3 is 0 Å². The monoisotopic (exact) mass is 584 g/mol. The second-order valence-corrected chi connectivity index (χ2v) is 10.7. The molecule has 42 heavy (non-hydrogen) atoms. The van der Waals surface area contributed by atoms with Crippen molar-refractivity contribution in [3.8, 4) is 11.5 Å². The van der Waals surface area contributed by atoms with Crippen LogP contribution in [0.25, 0.3) is 21.8 Å². The van der Waals surface area contributed by atoms with Crippen LogP contribution in [0, 0.1) is 0 Å². The number of nitrogens with zero attached hydrogens (tertiary/aromatic N) is 5. The summed E-state index contributed by atoms with van der Waals surface area (Å²) in [6, 6.07) is 18.5. The van der Waals surface area contributed by atoms with Crippen molar-refractivity contribution in [3.63, 3.8) is 0 Å². The number of phenolic OH excluding ortho intramolecular Hbond substituents is 1. The predicted octanol–water partition coefficient (Wildman–Crippen LogP) is 6.59. The molecule has 1 saturated heterocycles. The Labute approximate surface area is 249 Å². The van der Waals surface area contributed by atoms with Gasteiger partial charge in [0, 0.05) is 47.7 Å². The zero-order valence-corrected chi connectivity index (χ0v) is 24.2. The normalized spacial score (nSPS) is 13.3. The van der Waals surface area contributed by atoms with Crippen LogP contribution in [0.1, 0.15) is 25.7 Å². The van der Waals surface area contributed by atoms with Gasteiger partial charge in [-0.25, -0.2) is 4.98 Å². The Morgan fingerprint density at radius 1 is 0.810 bits per heavy atom. The van der Waals surface area contributed by atoms with E-state index < -0.39 is 0 Å². The van der Waals surface area contributed by atoms with E-state index in [1.807, 2.05) is 48.5 Å². The number of rotatable bonds is 10. The topological polar surface area (TPSA) is 120 Å². The summed E-state index contributed by atoms with van der Waals surface area (Å²) in [5.41, 5.74) is 3.37. The van der Waals surface area contributed by atoms with Crippen molar-refractivity contribution in [2.24, 2.45) is 0 Å². The van der Waals surface area contributed by atoms with E-state index >= 15 is 0 Å². The molecule has 0 spiro atoms. The number of ether oxygens (including phenoxy) is 1. The fourth-order valence-electron chi connectivity index (χ4n) is 5.14. The molecule has 0 bridgehead atoms. The minimum absolute atomic E-state index is 0.195. The third-order valence-corrected chi connectivity index (χ3v) is 7.50. The van der Waals surface area contributed by atoms with Crippen molar-refractivity contribution in [1.82, 2.24) is 19.9 Å². The lowest BCUT2D eigenvalue weighted by atomic mass is 10.1. The minimum Gasteiger partial charge on any atom is -0.508 e. The van der Waals surface area contributed by atoms with Crippen molar-refractivity contribution < 1.29 is 9.84 Å². The van der Waals surface area contributed by atoms with Gasteiger partial charge in [0.1, 0.15) is 11.5 Å². The number of aromatic nitrogens is 4. The molecule has 0 saturated carbocycles. The molecule has 1 fully saturated rings. The Morgan fingerprint density at radius 2 is 1.60 bits per heavy atom. The highest BCUT2D eigenvalue weighted by Gasteiger charge is 2.17. The number of methoxy groups -OCH3 is 1. The summed E-state index contributed by atoms with van der Waals surface area (Å²) in [6.07, 6.45) is 4.28.